The summed E-state index contributed by atoms with van der Waals surface area (Å²) in [5, 5.41) is 22.6. The zero-order chi connectivity index (χ0) is 25.1. The largest absolute Gasteiger partial charge is 0.393 e. The number of carbonyl (C=O) groups excluding carboxylic acids is 1. The summed E-state index contributed by atoms with van der Waals surface area (Å²) in [5.74, 6) is 1.88. The van der Waals surface area contributed by atoms with Crippen LogP contribution in [-0.4, -0.2) is 39.4 Å². The molecule has 0 spiro atoms. The maximum Gasteiger partial charge on any atom is 0.138 e. The van der Waals surface area contributed by atoms with E-state index in [1.54, 1.807) is 0 Å². The van der Waals surface area contributed by atoms with Crippen molar-refractivity contribution in [2.24, 2.45) is 45.3 Å². The normalized spacial score (nSPS) is 54.9. The molecule has 1 aliphatic heterocycles. The van der Waals surface area contributed by atoms with Gasteiger partial charge in [0.05, 0.1) is 23.4 Å². The average molecular weight is 475 g/mol. The molecule has 4 heteroatoms. The molecular formula is C30H50O4. The number of ether oxygens (including phenoxy) is 1. The van der Waals surface area contributed by atoms with Crippen molar-refractivity contribution in [1.82, 2.24) is 0 Å². The van der Waals surface area contributed by atoms with E-state index in [-0.39, 0.29) is 45.4 Å². The lowest BCUT2D eigenvalue weighted by atomic mass is 9.35. The second kappa shape index (κ2) is 7.32. The van der Waals surface area contributed by atoms with E-state index in [2.05, 4.69) is 41.5 Å². The SMILES string of the molecule is CC1(C)C(=O)CC[C@@]2(C)C1CC[C@]1(C)C2[C@H](O)CC2[C@@H](C3(C)CC[C@@H](C(C)(C)O)O3)CC[C@]21C. The van der Waals surface area contributed by atoms with Gasteiger partial charge in [0.1, 0.15) is 5.78 Å². The molecule has 0 aromatic heterocycles. The molecule has 4 unspecified atom stereocenters. The summed E-state index contributed by atoms with van der Waals surface area (Å²) in [4.78, 5) is 12.9. The summed E-state index contributed by atoms with van der Waals surface area (Å²) in [7, 11) is 0. The maximum absolute atomic E-state index is 12.9. The lowest BCUT2D eigenvalue weighted by molar-refractivity contribution is -0.243. The molecule has 5 fully saturated rings. The second-order valence-electron chi connectivity index (χ2n) is 15.2. The molecule has 194 valence electrons. The zero-order valence-electron chi connectivity index (χ0n) is 23.0. The van der Waals surface area contributed by atoms with Crippen LogP contribution in [0.3, 0.4) is 0 Å². The van der Waals surface area contributed by atoms with Crippen molar-refractivity contribution >= 4 is 5.78 Å². The molecule has 0 radical (unpaired) electrons. The number of fused-ring (bicyclic) bond motifs is 5. The van der Waals surface area contributed by atoms with Gasteiger partial charge in [-0.25, -0.2) is 0 Å². The Kier molecular flexibility index (Phi) is 5.42. The first kappa shape index (κ1) is 25.2. The molecule has 0 bridgehead atoms. The predicted molar refractivity (Wildman–Crippen MR) is 134 cm³/mol. The van der Waals surface area contributed by atoms with Gasteiger partial charge in [0.25, 0.3) is 0 Å². The third-order valence-electron chi connectivity index (χ3n) is 13.0. The van der Waals surface area contributed by atoms with Crippen LogP contribution >= 0.6 is 0 Å². The van der Waals surface area contributed by atoms with Gasteiger partial charge in [0, 0.05) is 11.8 Å². The number of ketones is 1. The van der Waals surface area contributed by atoms with E-state index in [4.69, 9.17) is 4.74 Å². The number of rotatable bonds is 2. The van der Waals surface area contributed by atoms with Crippen LogP contribution in [0.5, 0.6) is 0 Å². The molecular weight excluding hydrogens is 424 g/mol. The molecule has 0 amide bonds. The van der Waals surface area contributed by atoms with Crippen molar-refractivity contribution in [2.75, 3.05) is 0 Å². The summed E-state index contributed by atoms with van der Waals surface area (Å²) in [6, 6.07) is 0. The quantitative estimate of drug-likeness (QED) is 0.521. The number of hydrogen-bond acceptors (Lipinski definition) is 4. The van der Waals surface area contributed by atoms with E-state index in [1.807, 2.05) is 13.8 Å². The van der Waals surface area contributed by atoms with Crippen molar-refractivity contribution in [3.05, 3.63) is 0 Å². The summed E-state index contributed by atoms with van der Waals surface area (Å²) >= 11 is 0. The fourth-order valence-electron chi connectivity index (χ4n) is 11.0. The van der Waals surface area contributed by atoms with E-state index in [1.165, 1.54) is 6.42 Å². The Labute approximate surface area is 207 Å². The van der Waals surface area contributed by atoms with Crippen LogP contribution in [0.1, 0.15) is 113 Å². The Bertz CT molecular complexity index is 858. The number of hydrogen-bond donors (Lipinski definition) is 2. The van der Waals surface area contributed by atoms with Crippen LogP contribution in [-0.2, 0) is 9.53 Å². The third-order valence-corrected chi connectivity index (χ3v) is 13.0. The number of aliphatic hydroxyl groups is 2. The molecule has 2 N–H and O–H groups in total. The summed E-state index contributed by atoms with van der Waals surface area (Å²) < 4.78 is 6.67. The topological polar surface area (TPSA) is 66.8 Å². The second-order valence-corrected chi connectivity index (χ2v) is 15.2. The summed E-state index contributed by atoms with van der Waals surface area (Å²) in [5.41, 5.74) is -1.09. The monoisotopic (exact) mass is 474 g/mol. The highest BCUT2D eigenvalue weighted by molar-refractivity contribution is 5.85. The fraction of sp³-hybridized carbons (Fsp3) is 0.967. The van der Waals surface area contributed by atoms with Gasteiger partial charge in [-0.3, -0.25) is 4.79 Å². The van der Waals surface area contributed by atoms with Gasteiger partial charge in [-0.05, 0) is 112 Å². The molecule has 34 heavy (non-hydrogen) atoms. The van der Waals surface area contributed by atoms with Crippen molar-refractivity contribution < 1.29 is 19.7 Å². The lowest BCUT2D eigenvalue weighted by Crippen LogP contribution is -2.67. The van der Waals surface area contributed by atoms with Gasteiger partial charge in [-0.2, -0.15) is 0 Å². The predicted octanol–water partition coefficient (Wildman–Crippen LogP) is 5.92. The molecule has 4 nitrogen and oxygen atoms in total. The summed E-state index contributed by atoms with van der Waals surface area (Å²) in [6.07, 6.45) is 8.44. The van der Waals surface area contributed by atoms with Gasteiger partial charge in [0.2, 0.25) is 0 Å². The molecule has 10 atom stereocenters. The van der Waals surface area contributed by atoms with Crippen LogP contribution in [0.25, 0.3) is 0 Å². The lowest BCUT2D eigenvalue weighted by Gasteiger charge is -2.70. The molecule has 1 heterocycles. The van der Waals surface area contributed by atoms with Gasteiger partial charge in [-0.15, -0.1) is 0 Å². The highest BCUT2D eigenvalue weighted by atomic mass is 16.5. The average Bonchev–Trinajstić information content (AvgIpc) is 3.27. The van der Waals surface area contributed by atoms with Crippen LogP contribution in [0.2, 0.25) is 0 Å². The van der Waals surface area contributed by atoms with Gasteiger partial charge in [-0.1, -0.05) is 34.6 Å². The van der Waals surface area contributed by atoms with Gasteiger partial charge in [0.15, 0.2) is 0 Å². The first-order chi connectivity index (χ1) is 15.5. The minimum Gasteiger partial charge on any atom is -0.393 e. The molecule has 1 saturated heterocycles. The molecule has 0 aromatic carbocycles. The van der Waals surface area contributed by atoms with E-state index in [0.29, 0.717) is 30.0 Å². The zero-order valence-corrected chi connectivity index (χ0v) is 23.0. The Morgan fingerprint density at radius 2 is 1.53 bits per heavy atom. The Balaban J connectivity index is 1.49. The van der Waals surface area contributed by atoms with Crippen molar-refractivity contribution in [1.29, 1.82) is 0 Å². The van der Waals surface area contributed by atoms with E-state index < -0.39 is 5.60 Å². The molecule has 4 aliphatic carbocycles. The van der Waals surface area contributed by atoms with Crippen LogP contribution in [0, 0.1) is 45.3 Å². The smallest absolute Gasteiger partial charge is 0.138 e. The van der Waals surface area contributed by atoms with E-state index >= 15 is 0 Å². The van der Waals surface area contributed by atoms with Crippen molar-refractivity contribution in [3.8, 4) is 0 Å². The van der Waals surface area contributed by atoms with Gasteiger partial charge >= 0.3 is 0 Å². The Hall–Kier alpha value is -0.450. The standard InChI is InChI=1S/C30H50O4/c1-25(2)21-10-15-29(7)24(27(21,5)13-11-22(25)32)20(31)17-19-18(9-14-28(19,29)6)30(8)16-12-23(34-30)26(3,4)33/h18-21,23-24,31,33H,9-17H2,1-8H3/t18-,19?,20+,21?,23-,24?,27-,28+,29+,30?/m0/s1. The van der Waals surface area contributed by atoms with Crippen LogP contribution in [0.15, 0.2) is 0 Å². The molecule has 4 saturated carbocycles. The Morgan fingerprint density at radius 3 is 2.15 bits per heavy atom. The minimum absolute atomic E-state index is 0.00958. The molecule has 5 aliphatic rings. The van der Waals surface area contributed by atoms with Crippen LogP contribution in [0.4, 0.5) is 0 Å². The molecule has 0 aromatic rings. The Morgan fingerprint density at radius 1 is 0.882 bits per heavy atom. The summed E-state index contributed by atoms with van der Waals surface area (Å²) in [6.45, 7) is 17.8. The number of Topliss-reactive ketones (excluding diaryl/α,β-unsaturated/α-hetero) is 1. The van der Waals surface area contributed by atoms with Crippen LogP contribution < -0.4 is 0 Å². The number of carbonyl (C=O) groups is 1. The first-order valence-electron chi connectivity index (χ1n) is 14.1. The highest BCUT2D eigenvalue weighted by Crippen LogP contribution is 2.75. The van der Waals surface area contributed by atoms with Gasteiger partial charge < -0.3 is 14.9 Å². The third kappa shape index (κ3) is 3.09. The van der Waals surface area contributed by atoms with Crippen molar-refractivity contribution in [3.63, 3.8) is 0 Å². The minimum atomic E-state index is -0.818. The molecule has 5 rings (SSSR count). The highest BCUT2D eigenvalue weighted by Gasteiger charge is 2.72. The first-order valence-corrected chi connectivity index (χ1v) is 14.1. The van der Waals surface area contributed by atoms with E-state index in [0.717, 1.165) is 44.9 Å². The maximum atomic E-state index is 12.9. The van der Waals surface area contributed by atoms with E-state index in [9.17, 15) is 15.0 Å². The number of aliphatic hydroxyl groups excluding tert-OH is 1. The fourth-order valence-corrected chi connectivity index (χ4v) is 11.0. The van der Waals surface area contributed by atoms with Crippen molar-refractivity contribution in [2.45, 2.75) is 137 Å².